The molecule has 0 saturated heterocycles. The van der Waals surface area contributed by atoms with Gasteiger partial charge in [-0.2, -0.15) is 0 Å². The van der Waals surface area contributed by atoms with Crippen molar-refractivity contribution >= 4 is 39.7 Å². The van der Waals surface area contributed by atoms with Gasteiger partial charge < -0.3 is 9.73 Å². The highest BCUT2D eigenvalue weighted by molar-refractivity contribution is 7.14. The first-order valence-corrected chi connectivity index (χ1v) is 7.53. The summed E-state index contributed by atoms with van der Waals surface area (Å²) in [5, 5.41) is 7.10. The van der Waals surface area contributed by atoms with E-state index in [0.29, 0.717) is 16.6 Å². The van der Waals surface area contributed by atoms with Crippen molar-refractivity contribution in [3.63, 3.8) is 0 Å². The molecule has 0 unspecified atom stereocenters. The second-order valence-corrected chi connectivity index (χ2v) is 5.77. The maximum Gasteiger partial charge on any atom is 0.183 e. The number of thiazole rings is 1. The zero-order valence-electron chi connectivity index (χ0n) is 10.3. The van der Waals surface area contributed by atoms with Crippen LogP contribution >= 0.6 is 34.5 Å². The monoisotopic (exact) mass is 324 g/mol. The molecule has 1 N–H and O–H groups in total. The molecule has 0 atom stereocenters. The number of rotatable bonds is 4. The van der Waals surface area contributed by atoms with Crippen molar-refractivity contribution in [2.75, 3.05) is 5.32 Å². The third-order valence-electron chi connectivity index (χ3n) is 2.71. The molecule has 0 aliphatic heterocycles. The summed E-state index contributed by atoms with van der Waals surface area (Å²) in [6.07, 6.45) is 1.65. The van der Waals surface area contributed by atoms with Crippen LogP contribution in [0.3, 0.4) is 0 Å². The molecular weight excluding hydrogens is 315 g/mol. The van der Waals surface area contributed by atoms with Gasteiger partial charge in [0.05, 0.1) is 28.5 Å². The average Bonchev–Trinajstić information content (AvgIpc) is 3.10. The van der Waals surface area contributed by atoms with E-state index in [4.69, 9.17) is 27.6 Å². The highest BCUT2D eigenvalue weighted by Crippen LogP contribution is 2.30. The van der Waals surface area contributed by atoms with Gasteiger partial charge in [-0.15, -0.1) is 11.3 Å². The van der Waals surface area contributed by atoms with Crippen LogP contribution in [0.25, 0.3) is 11.3 Å². The first-order chi connectivity index (χ1) is 9.72. The lowest BCUT2D eigenvalue weighted by molar-refractivity contribution is 0.518. The molecule has 0 aliphatic rings. The predicted octanol–water partition coefficient (Wildman–Crippen LogP) is 5.32. The molecule has 3 aromatic rings. The van der Waals surface area contributed by atoms with Crippen molar-refractivity contribution < 1.29 is 4.42 Å². The largest absolute Gasteiger partial charge is 0.467 e. The van der Waals surface area contributed by atoms with Gasteiger partial charge in [-0.05, 0) is 24.3 Å². The van der Waals surface area contributed by atoms with E-state index in [1.807, 2.05) is 29.6 Å². The van der Waals surface area contributed by atoms with E-state index >= 15 is 0 Å². The Morgan fingerprint density at radius 3 is 2.85 bits per heavy atom. The third-order valence-corrected chi connectivity index (χ3v) is 4.25. The van der Waals surface area contributed by atoms with Gasteiger partial charge in [-0.3, -0.25) is 0 Å². The topological polar surface area (TPSA) is 38.1 Å². The molecule has 0 spiro atoms. The van der Waals surface area contributed by atoms with Crippen LogP contribution in [0.15, 0.2) is 46.4 Å². The van der Waals surface area contributed by atoms with E-state index in [1.54, 1.807) is 12.3 Å². The zero-order chi connectivity index (χ0) is 13.9. The Morgan fingerprint density at radius 1 is 1.20 bits per heavy atom. The summed E-state index contributed by atoms with van der Waals surface area (Å²) in [6, 6.07) is 9.27. The molecule has 1 aromatic carbocycles. The Kier molecular flexibility index (Phi) is 3.96. The third kappa shape index (κ3) is 2.98. The molecule has 6 heteroatoms. The molecule has 3 rings (SSSR count). The van der Waals surface area contributed by atoms with E-state index in [0.717, 1.165) is 22.1 Å². The first kappa shape index (κ1) is 13.5. The van der Waals surface area contributed by atoms with E-state index in [9.17, 15) is 0 Å². The van der Waals surface area contributed by atoms with Gasteiger partial charge in [0.1, 0.15) is 5.76 Å². The summed E-state index contributed by atoms with van der Waals surface area (Å²) in [4.78, 5) is 4.51. The van der Waals surface area contributed by atoms with Crippen molar-refractivity contribution in [2.45, 2.75) is 6.54 Å². The van der Waals surface area contributed by atoms with Crippen molar-refractivity contribution in [3.8, 4) is 11.3 Å². The normalized spacial score (nSPS) is 10.7. The number of benzene rings is 1. The van der Waals surface area contributed by atoms with E-state index in [-0.39, 0.29) is 0 Å². The van der Waals surface area contributed by atoms with Crippen LogP contribution in [0.4, 0.5) is 5.13 Å². The molecule has 2 heterocycles. The summed E-state index contributed by atoms with van der Waals surface area (Å²) in [5.74, 6) is 0.872. The number of nitrogens with zero attached hydrogens (tertiary/aromatic N) is 1. The standard InChI is InChI=1S/C14H10Cl2N2OS/c15-11-4-3-9(6-12(11)16)13-8-20-14(18-13)17-7-10-2-1-5-19-10/h1-6,8H,7H2,(H,17,18). The van der Waals surface area contributed by atoms with Crippen LogP contribution in [0.5, 0.6) is 0 Å². The molecule has 0 bridgehead atoms. The van der Waals surface area contributed by atoms with Crippen molar-refractivity contribution in [1.82, 2.24) is 4.98 Å². The second-order valence-electron chi connectivity index (χ2n) is 4.10. The summed E-state index contributed by atoms with van der Waals surface area (Å²) < 4.78 is 5.26. The molecule has 2 aromatic heterocycles. The van der Waals surface area contributed by atoms with Crippen LogP contribution in [0, 0.1) is 0 Å². The maximum atomic E-state index is 6.01. The van der Waals surface area contributed by atoms with Gasteiger partial charge in [0, 0.05) is 10.9 Å². The molecule has 0 fully saturated rings. The number of anilines is 1. The van der Waals surface area contributed by atoms with Crippen molar-refractivity contribution in [3.05, 3.63) is 57.8 Å². The average molecular weight is 325 g/mol. The van der Waals surface area contributed by atoms with E-state index in [2.05, 4.69) is 10.3 Å². The SMILES string of the molecule is Clc1ccc(-c2csc(NCc3ccco3)n2)cc1Cl. The van der Waals surface area contributed by atoms with Gasteiger partial charge in [-0.25, -0.2) is 4.98 Å². The molecule has 0 saturated carbocycles. The number of nitrogens with one attached hydrogen (secondary N) is 1. The fraction of sp³-hybridized carbons (Fsp3) is 0.0714. The van der Waals surface area contributed by atoms with Gasteiger partial charge in [0.2, 0.25) is 0 Å². The summed E-state index contributed by atoms with van der Waals surface area (Å²) >= 11 is 13.5. The smallest absolute Gasteiger partial charge is 0.183 e. The van der Waals surface area contributed by atoms with Crippen LogP contribution in [-0.2, 0) is 6.54 Å². The minimum atomic E-state index is 0.530. The summed E-state index contributed by atoms with van der Waals surface area (Å²) in [7, 11) is 0. The number of hydrogen-bond donors (Lipinski definition) is 1. The Balaban J connectivity index is 1.74. The lowest BCUT2D eigenvalue weighted by Gasteiger charge is -2.00. The number of hydrogen-bond acceptors (Lipinski definition) is 4. The van der Waals surface area contributed by atoms with Gasteiger partial charge >= 0.3 is 0 Å². The van der Waals surface area contributed by atoms with Gasteiger partial charge in [-0.1, -0.05) is 29.3 Å². The van der Waals surface area contributed by atoms with Crippen LogP contribution in [0.1, 0.15) is 5.76 Å². The van der Waals surface area contributed by atoms with Gasteiger partial charge in [0.25, 0.3) is 0 Å². The highest BCUT2D eigenvalue weighted by atomic mass is 35.5. The minimum Gasteiger partial charge on any atom is -0.467 e. The zero-order valence-corrected chi connectivity index (χ0v) is 12.6. The maximum absolute atomic E-state index is 6.01. The van der Waals surface area contributed by atoms with Crippen molar-refractivity contribution in [1.29, 1.82) is 0 Å². The van der Waals surface area contributed by atoms with Crippen LogP contribution < -0.4 is 5.32 Å². The molecule has 20 heavy (non-hydrogen) atoms. The van der Waals surface area contributed by atoms with Crippen LogP contribution in [-0.4, -0.2) is 4.98 Å². The lowest BCUT2D eigenvalue weighted by Crippen LogP contribution is -1.97. The molecule has 0 amide bonds. The number of halogens is 2. The Morgan fingerprint density at radius 2 is 2.10 bits per heavy atom. The second kappa shape index (κ2) is 5.87. The number of furan rings is 1. The molecule has 3 nitrogen and oxygen atoms in total. The Labute approximate surface area is 130 Å². The molecular formula is C14H10Cl2N2OS. The predicted molar refractivity (Wildman–Crippen MR) is 83.6 cm³/mol. The van der Waals surface area contributed by atoms with Crippen LogP contribution in [0.2, 0.25) is 10.0 Å². The molecule has 0 radical (unpaired) electrons. The summed E-state index contributed by atoms with van der Waals surface area (Å²) in [6.45, 7) is 0.612. The Hall–Kier alpha value is -1.49. The molecule has 102 valence electrons. The number of aromatic nitrogens is 1. The van der Waals surface area contributed by atoms with Crippen molar-refractivity contribution in [2.24, 2.45) is 0 Å². The highest BCUT2D eigenvalue weighted by Gasteiger charge is 2.07. The Bertz CT molecular complexity index is 710. The summed E-state index contributed by atoms with van der Waals surface area (Å²) in [5.41, 5.74) is 1.82. The fourth-order valence-corrected chi connectivity index (χ4v) is 2.74. The fourth-order valence-electron chi connectivity index (χ4n) is 1.72. The quantitative estimate of drug-likeness (QED) is 0.705. The van der Waals surface area contributed by atoms with E-state index < -0.39 is 0 Å². The molecule has 0 aliphatic carbocycles. The van der Waals surface area contributed by atoms with E-state index in [1.165, 1.54) is 11.3 Å². The van der Waals surface area contributed by atoms with Gasteiger partial charge in [0.15, 0.2) is 5.13 Å². The first-order valence-electron chi connectivity index (χ1n) is 5.89. The lowest BCUT2D eigenvalue weighted by atomic mass is 10.2. The minimum absolute atomic E-state index is 0.530.